The van der Waals surface area contributed by atoms with E-state index in [1.165, 1.54) is 12.1 Å². The van der Waals surface area contributed by atoms with Crippen LogP contribution in [0.25, 0.3) is 0 Å². The highest BCUT2D eigenvalue weighted by Gasteiger charge is 2.17. The van der Waals surface area contributed by atoms with Crippen molar-refractivity contribution in [3.05, 3.63) is 61.4 Å². The highest BCUT2D eigenvalue weighted by atomic mass is 79.9. The maximum Gasteiger partial charge on any atom is 0.349 e. The maximum absolute atomic E-state index is 11.8. The van der Waals surface area contributed by atoms with Crippen LogP contribution in [0.3, 0.4) is 0 Å². The average molecular weight is 370 g/mol. The van der Waals surface area contributed by atoms with Crippen LogP contribution < -0.4 is 0 Å². The molecule has 0 aliphatic carbocycles. The summed E-state index contributed by atoms with van der Waals surface area (Å²) in [6.45, 7) is -0.411. The molecule has 0 aliphatic rings. The summed E-state index contributed by atoms with van der Waals surface area (Å²) >= 11 is 3.96. The van der Waals surface area contributed by atoms with Crippen molar-refractivity contribution in [2.75, 3.05) is 6.61 Å². The molecule has 0 fully saturated rings. The molecule has 0 saturated heterocycles. The second-order valence-electron chi connectivity index (χ2n) is 3.90. The average Bonchev–Trinajstić information content (AvgIpc) is 2.95. The van der Waals surface area contributed by atoms with E-state index in [0.717, 1.165) is 4.47 Å². The molecule has 21 heavy (non-hydrogen) atoms. The molecule has 108 valence electrons. The van der Waals surface area contributed by atoms with Gasteiger partial charge in [-0.15, -0.1) is 0 Å². The maximum atomic E-state index is 11.8. The third-order valence-electron chi connectivity index (χ3n) is 2.47. The van der Waals surface area contributed by atoms with Gasteiger partial charge in [-0.05, 0) is 18.2 Å². The molecule has 0 saturated carbocycles. The molecule has 6 nitrogen and oxygen atoms in total. The lowest BCUT2D eigenvalue weighted by Crippen LogP contribution is -2.13. The van der Waals surface area contributed by atoms with Gasteiger partial charge in [-0.1, -0.05) is 39.4 Å². The summed E-state index contributed by atoms with van der Waals surface area (Å²) in [6, 6.07) is 9.15. The number of esters is 1. The first kappa shape index (κ1) is 15.3. The number of ether oxygens (including phenoxy) is 1. The van der Waals surface area contributed by atoms with Crippen molar-refractivity contribution in [1.29, 1.82) is 0 Å². The Balaban J connectivity index is 1.95. The zero-order chi connectivity index (χ0) is 15.4. The van der Waals surface area contributed by atoms with Crippen LogP contribution in [0.2, 0.25) is 0 Å². The van der Waals surface area contributed by atoms with Crippen LogP contribution in [-0.2, 0) is 4.74 Å². The second-order valence-corrected chi connectivity index (χ2v) is 5.88. The fraction of sp³-hybridized carbons (Fsp3) is 0.0769. The van der Waals surface area contributed by atoms with E-state index in [2.05, 4.69) is 15.9 Å². The Labute approximate surface area is 131 Å². The molecule has 2 aromatic rings. The zero-order valence-electron chi connectivity index (χ0n) is 10.4. The Morgan fingerprint density at radius 1 is 1.19 bits per heavy atom. The van der Waals surface area contributed by atoms with Gasteiger partial charge < -0.3 is 4.74 Å². The number of hydrogen-bond acceptors (Lipinski definition) is 6. The van der Waals surface area contributed by atoms with Gasteiger partial charge in [-0.25, -0.2) is 4.79 Å². The van der Waals surface area contributed by atoms with Crippen LogP contribution in [0.15, 0.2) is 40.9 Å². The molecule has 0 amide bonds. The van der Waals surface area contributed by atoms with E-state index in [9.17, 15) is 19.7 Å². The predicted molar refractivity (Wildman–Crippen MR) is 79.7 cm³/mol. The minimum absolute atomic E-state index is 0.0882. The smallest absolute Gasteiger partial charge is 0.349 e. The standard InChI is InChI=1S/C13H8BrNO5S/c14-9-3-1-8(2-4-9)10(16)7-20-13(17)11-5-6-12(21-11)15(18)19/h1-6H,7H2. The highest BCUT2D eigenvalue weighted by molar-refractivity contribution is 9.10. The van der Waals surface area contributed by atoms with Gasteiger partial charge in [0.2, 0.25) is 0 Å². The molecule has 1 aromatic carbocycles. The van der Waals surface area contributed by atoms with Crippen LogP contribution in [-0.4, -0.2) is 23.3 Å². The topological polar surface area (TPSA) is 86.5 Å². The summed E-state index contributed by atoms with van der Waals surface area (Å²) in [7, 11) is 0. The summed E-state index contributed by atoms with van der Waals surface area (Å²) in [5.41, 5.74) is 0.420. The second kappa shape index (κ2) is 6.59. The number of halogens is 1. The van der Waals surface area contributed by atoms with E-state index in [4.69, 9.17) is 4.74 Å². The summed E-state index contributed by atoms with van der Waals surface area (Å²) in [5.74, 6) is -1.10. The first-order chi connectivity index (χ1) is 9.97. The Hall–Kier alpha value is -2.06. The van der Waals surface area contributed by atoms with E-state index in [1.54, 1.807) is 24.3 Å². The number of ketones is 1. The molecular weight excluding hydrogens is 362 g/mol. The lowest BCUT2D eigenvalue weighted by Gasteiger charge is -2.02. The highest BCUT2D eigenvalue weighted by Crippen LogP contribution is 2.24. The van der Waals surface area contributed by atoms with Gasteiger partial charge in [0, 0.05) is 16.1 Å². The van der Waals surface area contributed by atoms with Crippen molar-refractivity contribution in [3.63, 3.8) is 0 Å². The third-order valence-corrected chi connectivity index (χ3v) is 4.02. The van der Waals surface area contributed by atoms with Crippen molar-refractivity contribution in [2.45, 2.75) is 0 Å². The Bertz CT molecular complexity index is 695. The van der Waals surface area contributed by atoms with E-state index < -0.39 is 17.5 Å². The molecule has 8 heteroatoms. The van der Waals surface area contributed by atoms with Crippen LogP contribution in [0, 0.1) is 10.1 Å². The SMILES string of the molecule is O=C(COC(=O)c1ccc([N+](=O)[O-])s1)c1ccc(Br)cc1. The van der Waals surface area contributed by atoms with Crippen molar-refractivity contribution in [3.8, 4) is 0 Å². The third kappa shape index (κ3) is 3.96. The number of hydrogen-bond donors (Lipinski definition) is 0. The van der Waals surface area contributed by atoms with Gasteiger partial charge in [0.05, 0.1) is 4.92 Å². The summed E-state index contributed by atoms with van der Waals surface area (Å²) < 4.78 is 5.69. The van der Waals surface area contributed by atoms with Crippen LogP contribution >= 0.6 is 27.3 Å². The lowest BCUT2D eigenvalue weighted by atomic mass is 10.1. The number of thiophene rings is 1. The largest absolute Gasteiger partial charge is 0.453 e. The number of rotatable bonds is 5. The fourth-order valence-electron chi connectivity index (χ4n) is 1.46. The van der Waals surface area contributed by atoms with Crippen molar-refractivity contribution in [1.82, 2.24) is 0 Å². The summed E-state index contributed by atoms with van der Waals surface area (Å²) in [6.07, 6.45) is 0. The molecular formula is C13H8BrNO5S. The zero-order valence-corrected chi connectivity index (χ0v) is 12.8. The number of benzene rings is 1. The van der Waals surface area contributed by atoms with Gasteiger partial charge in [0.25, 0.3) is 0 Å². The van der Waals surface area contributed by atoms with Gasteiger partial charge in [0.15, 0.2) is 12.4 Å². The number of nitrogens with zero attached hydrogens (tertiary/aromatic N) is 1. The van der Waals surface area contributed by atoms with Crippen LogP contribution in [0.1, 0.15) is 20.0 Å². The van der Waals surface area contributed by atoms with Crippen molar-refractivity contribution >= 4 is 44.0 Å². The van der Waals surface area contributed by atoms with Gasteiger partial charge >= 0.3 is 11.0 Å². The number of carbonyl (C=O) groups is 2. The normalized spacial score (nSPS) is 10.1. The monoisotopic (exact) mass is 369 g/mol. The number of carbonyl (C=O) groups excluding carboxylic acids is 2. The molecule has 0 atom stereocenters. The Morgan fingerprint density at radius 3 is 2.43 bits per heavy atom. The first-order valence-electron chi connectivity index (χ1n) is 5.67. The quantitative estimate of drug-likeness (QED) is 0.348. The molecule has 1 aromatic heterocycles. The van der Waals surface area contributed by atoms with E-state index in [0.29, 0.717) is 16.9 Å². The molecule has 0 radical (unpaired) electrons. The molecule has 0 bridgehead atoms. The van der Waals surface area contributed by atoms with Crippen molar-refractivity contribution < 1.29 is 19.2 Å². The number of Topliss-reactive ketones (excluding diaryl/α,β-unsaturated/α-hetero) is 1. The minimum atomic E-state index is -0.751. The summed E-state index contributed by atoms with van der Waals surface area (Å²) in [4.78, 5) is 33.5. The fourth-order valence-corrected chi connectivity index (χ4v) is 2.44. The molecule has 0 spiro atoms. The molecule has 1 heterocycles. The van der Waals surface area contributed by atoms with Crippen LogP contribution in [0.5, 0.6) is 0 Å². The minimum Gasteiger partial charge on any atom is -0.453 e. The first-order valence-corrected chi connectivity index (χ1v) is 7.28. The Kier molecular flexibility index (Phi) is 4.81. The molecule has 2 rings (SSSR count). The van der Waals surface area contributed by atoms with E-state index >= 15 is 0 Å². The van der Waals surface area contributed by atoms with Gasteiger partial charge in [0.1, 0.15) is 4.88 Å². The van der Waals surface area contributed by atoms with E-state index in [1.807, 2.05) is 0 Å². The molecule has 0 N–H and O–H groups in total. The van der Waals surface area contributed by atoms with Crippen molar-refractivity contribution in [2.24, 2.45) is 0 Å². The molecule has 0 unspecified atom stereocenters. The number of nitro groups is 1. The predicted octanol–water partition coefficient (Wildman–Crippen LogP) is 3.46. The van der Waals surface area contributed by atoms with E-state index in [-0.39, 0.29) is 15.7 Å². The molecule has 0 aliphatic heterocycles. The van der Waals surface area contributed by atoms with Gasteiger partial charge in [-0.3, -0.25) is 14.9 Å². The van der Waals surface area contributed by atoms with Gasteiger partial charge in [-0.2, -0.15) is 0 Å². The summed E-state index contributed by atoms with van der Waals surface area (Å²) in [5, 5.41) is 10.4. The lowest BCUT2D eigenvalue weighted by molar-refractivity contribution is -0.380. The van der Waals surface area contributed by atoms with Crippen LogP contribution in [0.4, 0.5) is 5.00 Å². The Morgan fingerprint density at radius 2 is 1.86 bits per heavy atom.